The molecule has 3 fully saturated rings. The van der Waals surface area contributed by atoms with Gasteiger partial charge in [0.2, 0.25) is 0 Å². The van der Waals surface area contributed by atoms with Crippen molar-refractivity contribution in [3.05, 3.63) is 30.3 Å². The van der Waals surface area contributed by atoms with Crippen molar-refractivity contribution in [3.8, 4) is 0 Å². The summed E-state index contributed by atoms with van der Waals surface area (Å²) in [5, 5.41) is 3.53. The topological polar surface area (TPSA) is 34.1 Å². The van der Waals surface area contributed by atoms with Crippen LogP contribution in [0.1, 0.15) is 45.4 Å². The third-order valence-corrected chi connectivity index (χ3v) is 7.12. The van der Waals surface area contributed by atoms with E-state index < -0.39 is 0 Å². The maximum atomic E-state index is 4.96. The van der Waals surface area contributed by atoms with Gasteiger partial charge in [0, 0.05) is 58.0 Å². The first-order valence-corrected chi connectivity index (χ1v) is 11.8. The number of hydrogen-bond acceptors (Lipinski definition) is 3. The number of unbranched alkanes of at least 4 members (excludes halogenated alkanes) is 1. The van der Waals surface area contributed by atoms with Crippen LogP contribution in [-0.4, -0.2) is 74.7 Å². The first-order chi connectivity index (χ1) is 14.3. The van der Waals surface area contributed by atoms with Crippen LogP contribution < -0.4 is 10.2 Å². The Morgan fingerprint density at radius 1 is 1.00 bits per heavy atom. The van der Waals surface area contributed by atoms with E-state index in [2.05, 4.69) is 57.3 Å². The summed E-state index contributed by atoms with van der Waals surface area (Å²) < 4.78 is 0. The average molecular weight is 526 g/mol. The maximum absolute atomic E-state index is 4.96. The minimum Gasteiger partial charge on any atom is -0.369 e. The Kier molecular flexibility index (Phi) is 9.11. The highest BCUT2D eigenvalue weighted by molar-refractivity contribution is 14.0. The lowest BCUT2D eigenvalue weighted by Gasteiger charge is -2.38. The highest BCUT2D eigenvalue weighted by Gasteiger charge is 2.43. The molecule has 3 aliphatic rings. The molecule has 0 radical (unpaired) electrons. The largest absolute Gasteiger partial charge is 0.369 e. The van der Waals surface area contributed by atoms with Crippen molar-refractivity contribution in [2.24, 2.45) is 10.4 Å². The number of rotatable bonds is 7. The van der Waals surface area contributed by atoms with Crippen LogP contribution in [0.4, 0.5) is 5.69 Å². The van der Waals surface area contributed by atoms with Crippen molar-refractivity contribution >= 4 is 35.6 Å². The molecule has 0 bridgehead atoms. The highest BCUT2D eigenvalue weighted by atomic mass is 127. The van der Waals surface area contributed by atoms with Gasteiger partial charge in [-0.25, -0.2) is 0 Å². The van der Waals surface area contributed by atoms with Gasteiger partial charge < -0.3 is 15.1 Å². The summed E-state index contributed by atoms with van der Waals surface area (Å²) in [6.07, 6.45) is 8.10. The molecule has 2 aliphatic heterocycles. The second-order valence-electron chi connectivity index (χ2n) is 9.13. The van der Waals surface area contributed by atoms with Crippen LogP contribution in [-0.2, 0) is 0 Å². The molecule has 1 aromatic carbocycles. The number of halogens is 1. The van der Waals surface area contributed by atoms with Crippen molar-refractivity contribution in [2.75, 3.05) is 63.8 Å². The molecule has 1 spiro atoms. The van der Waals surface area contributed by atoms with E-state index in [4.69, 9.17) is 4.99 Å². The predicted molar refractivity (Wildman–Crippen MR) is 138 cm³/mol. The third-order valence-electron chi connectivity index (χ3n) is 7.12. The second kappa shape index (κ2) is 11.6. The molecular weight excluding hydrogens is 485 g/mol. The Morgan fingerprint density at radius 3 is 2.40 bits per heavy atom. The molecule has 2 heterocycles. The molecule has 168 valence electrons. The quantitative estimate of drug-likeness (QED) is 0.252. The minimum absolute atomic E-state index is 0. The van der Waals surface area contributed by atoms with Crippen LogP contribution in [0.5, 0.6) is 0 Å². The zero-order chi connectivity index (χ0) is 19.9. The molecule has 1 aromatic rings. The van der Waals surface area contributed by atoms with Gasteiger partial charge in [0.05, 0.1) is 0 Å². The molecule has 5 nitrogen and oxygen atoms in total. The van der Waals surface area contributed by atoms with Crippen LogP contribution in [0.15, 0.2) is 35.3 Å². The second-order valence-corrected chi connectivity index (χ2v) is 9.13. The van der Waals surface area contributed by atoms with Gasteiger partial charge in [-0.1, -0.05) is 24.6 Å². The molecule has 0 amide bonds. The first kappa shape index (κ1) is 23.6. The van der Waals surface area contributed by atoms with Crippen LogP contribution in [0, 0.1) is 5.41 Å². The molecule has 1 N–H and O–H groups in total. The molecule has 6 heteroatoms. The fourth-order valence-corrected chi connectivity index (χ4v) is 5.13. The standard InChI is InChI=1S/C24H39N5.HI/c1-2-25-23(29-16-13-24(21-29)11-8-12-24)26-14-6-7-15-27-17-19-28(20-18-27)22-9-4-3-5-10-22;/h3-5,9-10H,2,6-8,11-21H2,1H3,(H,25,26);1H. The van der Waals surface area contributed by atoms with E-state index in [0.717, 1.165) is 32.1 Å². The Balaban J connectivity index is 0.00000256. The zero-order valence-electron chi connectivity index (χ0n) is 18.7. The normalized spacial score (nSPS) is 21.4. The van der Waals surface area contributed by atoms with Crippen molar-refractivity contribution in [3.63, 3.8) is 0 Å². The summed E-state index contributed by atoms with van der Waals surface area (Å²) in [5.41, 5.74) is 2.00. The summed E-state index contributed by atoms with van der Waals surface area (Å²) >= 11 is 0. The molecule has 30 heavy (non-hydrogen) atoms. The van der Waals surface area contributed by atoms with Gasteiger partial charge in [-0.05, 0) is 63.1 Å². The smallest absolute Gasteiger partial charge is 0.193 e. The van der Waals surface area contributed by atoms with E-state index >= 15 is 0 Å². The molecule has 4 rings (SSSR count). The number of anilines is 1. The van der Waals surface area contributed by atoms with Crippen LogP contribution in [0.3, 0.4) is 0 Å². The summed E-state index contributed by atoms with van der Waals surface area (Å²) in [5.74, 6) is 1.16. The lowest BCUT2D eigenvalue weighted by molar-refractivity contribution is 0.151. The number of likely N-dealkylation sites (tertiary alicyclic amines) is 1. The van der Waals surface area contributed by atoms with Crippen LogP contribution in [0.25, 0.3) is 0 Å². The molecule has 1 saturated carbocycles. The van der Waals surface area contributed by atoms with Gasteiger partial charge in [-0.3, -0.25) is 9.89 Å². The number of para-hydroxylation sites is 1. The molecule has 0 unspecified atom stereocenters. The SMILES string of the molecule is CCNC(=NCCCCN1CCN(c2ccccc2)CC1)N1CCC2(CCC2)C1.I. The van der Waals surface area contributed by atoms with E-state index in [1.807, 2.05) is 0 Å². The van der Waals surface area contributed by atoms with E-state index in [1.54, 1.807) is 0 Å². The summed E-state index contributed by atoms with van der Waals surface area (Å²) in [7, 11) is 0. The van der Waals surface area contributed by atoms with Gasteiger partial charge in [0.25, 0.3) is 0 Å². The molecule has 1 aliphatic carbocycles. The van der Waals surface area contributed by atoms with Gasteiger partial charge >= 0.3 is 0 Å². The van der Waals surface area contributed by atoms with E-state index in [9.17, 15) is 0 Å². The van der Waals surface area contributed by atoms with Crippen molar-refractivity contribution in [1.82, 2.24) is 15.1 Å². The summed E-state index contributed by atoms with van der Waals surface area (Å²) in [6.45, 7) is 12.4. The van der Waals surface area contributed by atoms with E-state index in [0.29, 0.717) is 5.41 Å². The molecule has 0 atom stereocenters. The fraction of sp³-hybridized carbons (Fsp3) is 0.708. The number of nitrogens with zero attached hydrogens (tertiary/aromatic N) is 4. The lowest BCUT2D eigenvalue weighted by Crippen LogP contribution is -2.46. The van der Waals surface area contributed by atoms with Gasteiger partial charge in [0.15, 0.2) is 5.96 Å². The Morgan fingerprint density at radius 2 is 1.77 bits per heavy atom. The van der Waals surface area contributed by atoms with Crippen LogP contribution in [0.2, 0.25) is 0 Å². The van der Waals surface area contributed by atoms with E-state index in [-0.39, 0.29) is 24.0 Å². The van der Waals surface area contributed by atoms with Crippen molar-refractivity contribution in [2.45, 2.75) is 45.4 Å². The molecular formula is C24H40IN5. The summed E-state index contributed by atoms with van der Waals surface area (Å²) in [6, 6.07) is 10.8. The number of nitrogens with one attached hydrogen (secondary N) is 1. The predicted octanol–water partition coefficient (Wildman–Crippen LogP) is 4.05. The van der Waals surface area contributed by atoms with Crippen molar-refractivity contribution in [1.29, 1.82) is 0 Å². The average Bonchev–Trinajstić information content (AvgIpc) is 3.20. The molecule has 2 saturated heterocycles. The lowest BCUT2D eigenvalue weighted by atomic mass is 9.68. The maximum Gasteiger partial charge on any atom is 0.193 e. The number of piperazine rings is 1. The molecule has 0 aromatic heterocycles. The van der Waals surface area contributed by atoms with Gasteiger partial charge in [0.1, 0.15) is 0 Å². The van der Waals surface area contributed by atoms with E-state index in [1.165, 1.54) is 76.9 Å². The number of aliphatic imine (C=N–C) groups is 1. The summed E-state index contributed by atoms with van der Waals surface area (Å²) in [4.78, 5) is 12.6. The third kappa shape index (κ3) is 6.02. The number of guanidine groups is 1. The number of benzene rings is 1. The fourth-order valence-electron chi connectivity index (χ4n) is 5.13. The Labute approximate surface area is 200 Å². The highest BCUT2D eigenvalue weighted by Crippen LogP contribution is 2.47. The minimum atomic E-state index is 0. The van der Waals surface area contributed by atoms with Gasteiger partial charge in [-0.15, -0.1) is 24.0 Å². The monoisotopic (exact) mass is 525 g/mol. The Bertz CT molecular complexity index is 653. The van der Waals surface area contributed by atoms with Crippen LogP contribution >= 0.6 is 24.0 Å². The zero-order valence-corrected chi connectivity index (χ0v) is 21.0. The van der Waals surface area contributed by atoms with Crippen molar-refractivity contribution < 1.29 is 0 Å². The van der Waals surface area contributed by atoms with Gasteiger partial charge in [-0.2, -0.15) is 0 Å². The number of hydrogen-bond donors (Lipinski definition) is 1. The first-order valence-electron chi connectivity index (χ1n) is 11.8. The Hall–Kier alpha value is -1.02.